The normalized spacial score (nSPS) is 10.6. The molecule has 0 aliphatic carbocycles. The van der Waals surface area contributed by atoms with Crippen LogP contribution in [-0.4, -0.2) is 32.5 Å². The first-order valence-corrected chi connectivity index (χ1v) is 8.45. The molecule has 2 aromatic heterocycles. The van der Waals surface area contributed by atoms with Gasteiger partial charge in [0.05, 0.1) is 0 Å². The highest BCUT2D eigenvalue weighted by atomic mass is 32.1. The van der Waals surface area contributed by atoms with Crippen molar-refractivity contribution < 1.29 is 14.4 Å². The molecule has 3 aromatic rings. The van der Waals surface area contributed by atoms with Gasteiger partial charge in [-0.3, -0.25) is 19.5 Å². The van der Waals surface area contributed by atoms with Crippen LogP contribution in [0.15, 0.2) is 42.7 Å². The van der Waals surface area contributed by atoms with Crippen molar-refractivity contribution in [2.24, 2.45) is 0 Å². The molecular formula is C18H15N3O3S. The summed E-state index contributed by atoms with van der Waals surface area (Å²) in [5, 5.41) is 6.05. The molecule has 126 valence electrons. The summed E-state index contributed by atoms with van der Waals surface area (Å²) in [6.07, 6.45) is 2.02. The lowest BCUT2D eigenvalue weighted by molar-refractivity contribution is -0.114. The first-order valence-electron chi connectivity index (χ1n) is 7.63. The van der Waals surface area contributed by atoms with Crippen LogP contribution < -0.4 is 0 Å². The highest BCUT2D eigenvalue weighted by Gasteiger charge is 2.20. The number of Topliss-reactive ketones (excluding diaryl/α,β-unsaturated/α-hetero) is 3. The lowest BCUT2D eigenvalue weighted by Crippen LogP contribution is -2.17. The quantitative estimate of drug-likeness (QED) is 0.521. The van der Waals surface area contributed by atoms with Gasteiger partial charge in [0.25, 0.3) is 5.78 Å². The third-order valence-corrected chi connectivity index (χ3v) is 4.75. The van der Waals surface area contributed by atoms with Crippen LogP contribution in [0.1, 0.15) is 43.2 Å². The number of thiophene rings is 1. The molecule has 0 amide bonds. The van der Waals surface area contributed by atoms with Gasteiger partial charge in [-0.2, -0.15) is 0 Å². The highest BCUT2D eigenvalue weighted by Crippen LogP contribution is 2.21. The Kier molecular flexibility index (Phi) is 4.95. The number of hydrogen-bond acceptors (Lipinski definition) is 6. The van der Waals surface area contributed by atoms with Gasteiger partial charge in [-0.25, -0.2) is 4.98 Å². The third kappa shape index (κ3) is 4.13. The molecule has 2 heterocycles. The van der Waals surface area contributed by atoms with Gasteiger partial charge >= 0.3 is 0 Å². The smallest absolute Gasteiger partial charge is 0.267 e. The molecule has 3 rings (SSSR count). The number of H-pyrrole nitrogens is 1. The van der Waals surface area contributed by atoms with Crippen LogP contribution in [0.2, 0.25) is 0 Å². The van der Waals surface area contributed by atoms with Crippen molar-refractivity contribution in [3.63, 3.8) is 0 Å². The van der Waals surface area contributed by atoms with Crippen molar-refractivity contribution in [3.8, 4) is 0 Å². The number of nitrogens with one attached hydrogen (secondary N) is 1. The van der Waals surface area contributed by atoms with Gasteiger partial charge in [-0.1, -0.05) is 24.3 Å². The van der Waals surface area contributed by atoms with Crippen LogP contribution in [0.25, 0.3) is 0 Å². The number of ketones is 3. The second-order valence-electron chi connectivity index (χ2n) is 5.55. The van der Waals surface area contributed by atoms with Gasteiger partial charge < -0.3 is 0 Å². The summed E-state index contributed by atoms with van der Waals surface area (Å²) < 4.78 is 0. The number of carbonyl (C=O) groups is 3. The van der Waals surface area contributed by atoms with E-state index in [4.69, 9.17) is 0 Å². The van der Waals surface area contributed by atoms with E-state index in [1.807, 2.05) is 36.4 Å². The fourth-order valence-corrected chi connectivity index (χ4v) is 3.40. The topological polar surface area (TPSA) is 92.8 Å². The van der Waals surface area contributed by atoms with Crippen LogP contribution in [0, 0.1) is 0 Å². The number of hydrogen-bond donors (Lipinski definition) is 1. The van der Waals surface area contributed by atoms with Crippen molar-refractivity contribution in [2.75, 3.05) is 0 Å². The Labute approximate surface area is 147 Å². The van der Waals surface area contributed by atoms with Crippen LogP contribution in [-0.2, 0) is 17.6 Å². The second kappa shape index (κ2) is 7.31. The zero-order valence-electron chi connectivity index (χ0n) is 13.5. The summed E-state index contributed by atoms with van der Waals surface area (Å²) in [6, 6.07) is 11.3. The number of aromatic amines is 1. The van der Waals surface area contributed by atoms with E-state index in [1.54, 1.807) is 0 Å². The third-order valence-electron chi connectivity index (χ3n) is 3.66. The van der Waals surface area contributed by atoms with Crippen molar-refractivity contribution in [2.45, 2.75) is 19.8 Å². The van der Waals surface area contributed by atoms with Crippen molar-refractivity contribution >= 4 is 28.7 Å². The molecule has 0 spiro atoms. The lowest BCUT2D eigenvalue weighted by Gasteiger charge is -2.00. The average Bonchev–Trinajstić information content (AvgIpc) is 3.27. The first-order chi connectivity index (χ1) is 12.0. The van der Waals surface area contributed by atoms with Crippen LogP contribution in [0.4, 0.5) is 0 Å². The van der Waals surface area contributed by atoms with E-state index in [0.717, 1.165) is 15.3 Å². The minimum atomic E-state index is -0.684. The van der Waals surface area contributed by atoms with Gasteiger partial charge in [0.1, 0.15) is 6.33 Å². The van der Waals surface area contributed by atoms with Gasteiger partial charge in [0.15, 0.2) is 5.78 Å². The van der Waals surface area contributed by atoms with Crippen LogP contribution in [0.5, 0.6) is 0 Å². The molecule has 0 bridgehead atoms. The SMILES string of the molecule is CC(=O)c1ccc(Cc2ccc(CC(=O)C(=O)c3nc[nH]n3)s2)cc1. The molecule has 0 radical (unpaired) electrons. The lowest BCUT2D eigenvalue weighted by atomic mass is 10.1. The maximum Gasteiger partial charge on any atom is 0.267 e. The zero-order valence-corrected chi connectivity index (χ0v) is 14.3. The molecule has 0 saturated heterocycles. The summed E-state index contributed by atoms with van der Waals surface area (Å²) >= 11 is 1.49. The number of rotatable bonds is 7. The molecule has 1 N–H and O–H groups in total. The molecule has 0 aliphatic rings. The van der Waals surface area contributed by atoms with Crippen molar-refractivity contribution in [1.82, 2.24) is 15.2 Å². The Balaban J connectivity index is 1.63. The van der Waals surface area contributed by atoms with E-state index in [9.17, 15) is 14.4 Å². The molecule has 0 fully saturated rings. The second-order valence-corrected chi connectivity index (χ2v) is 6.80. The van der Waals surface area contributed by atoms with E-state index in [1.165, 1.54) is 24.6 Å². The molecule has 0 aliphatic heterocycles. The monoisotopic (exact) mass is 353 g/mol. The number of benzene rings is 1. The fraction of sp³-hybridized carbons (Fsp3) is 0.167. The number of nitrogens with zero attached hydrogens (tertiary/aromatic N) is 2. The minimum absolute atomic E-state index is 0.0412. The summed E-state index contributed by atoms with van der Waals surface area (Å²) in [6.45, 7) is 1.54. The summed E-state index contributed by atoms with van der Waals surface area (Å²) in [5.74, 6) is -1.28. The Morgan fingerprint density at radius 3 is 2.40 bits per heavy atom. The Bertz CT molecular complexity index is 911. The van der Waals surface area contributed by atoms with Gasteiger partial charge in [-0.05, 0) is 24.6 Å². The molecule has 25 heavy (non-hydrogen) atoms. The molecule has 1 aromatic carbocycles. The summed E-state index contributed by atoms with van der Waals surface area (Å²) in [5.41, 5.74) is 1.77. The molecule has 0 saturated carbocycles. The van der Waals surface area contributed by atoms with E-state index in [-0.39, 0.29) is 18.0 Å². The summed E-state index contributed by atoms with van der Waals surface area (Å²) in [7, 11) is 0. The standard InChI is InChI=1S/C18H15N3O3S/c1-11(22)13-4-2-12(3-5-13)8-14-6-7-15(25-14)9-16(23)17(24)18-19-10-20-21-18/h2-7,10H,8-9H2,1H3,(H,19,20,21). The molecule has 0 unspecified atom stereocenters. The fourth-order valence-electron chi connectivity index (χ4n) is 2.35. The van der Waals surface area contributed by atoms with Gasteiger partial charge in [-0.15, -0.1) is 16.4 Å². The van der Waals surface area contributed by atoms with E-state index in [2.05, 4.69) is 15.2 Å². The number of aromatic nitrogens is 3. The van der Waals surface area contributed by atoms with Crippen molar-refractivity contribution in [1.29, 1.82) is 0 Å². The predicted molar refractivity (Wildman–Crippen MR) is 93.0 cm³/mol. The Morgan fingerprint density at radius 1 is 1.04 bits per heavy atom. The predicted octanol–water partition coefficient (Wildman–Crippen LogP) is 2.65. The minimum Gasteiger partial charge on any atom is -0.295 e. The molecule has 6 nitrogen and oxygen atoms in total. The molecule has 7 heteroatoms. The van der Waals surface area contributed by atoms with Gasteiger partial charge in [0.2, 0.25) is 11.6 Å². The zero-order chi connectivity index (χ0) is 17.8. The maximum atomic E-state index is 12.0. The van der Waals surface area contributed by atoms with E-state index < -0.39 is 11.6 Å². The summed E-state index contributed by atoms with van der Waals surface area (Å²) in [4.78, 5) is 40.8. The highest BCUT2D eigenvalue weighted by molar-refractivity contribution is 7.12. The molecule has 0 atom stereocenters. The van der Waals surface area contributed by atoms with Crippen molar-refractivity contribution in [3.05, 3.63) is 69.4 Å². The van der Waals surface area contributed by atoms with Gasteiger partial charge in [0, 0.05) is 28.2 Å². The number of carbonyl (C=O) groups excluding carboxylic acids is 3. The van der Waals surface area contributed by atoms with Crippen LogP contribution in [0.3, 0.4) is 0 Å². The first kappa shape index (κ1) is 16.9. The Hall–Kier alpha value is -2.93. The van der Waals surface area contributed by atoms with Crippen LogP contribution >= 0.6 is 11.3 Å². The van der Waals surface area contributed by atoms with E-state index >= 15 is 0 Å². The largest absolute Gasteiger partial charge is 0.295 e. The Morgan fingerprint density at radius 2 is 1.76 bits per heavy atom. The maximum absolute atomic E-state index is 12.0. The molecular weight excluding hydrogens is 338 g/mol. The van der Waals surface area contributed by atoms with E-state index in [0.29, 0.717) is 12.0 Å². The average molecular weight is 353 g/mol.